The van der Waals surface area contributed by atoms with E-state index in [-0.39, 0.29) is 11.8 Å². The molecular formula is C24H20N4O3. The predicted molar refractivity (Wildman–Crippen MR) is 119 cm³/mol. The zero-order valence-corrected chi connectivity index (χ0v) is 17.0. The molecule has 2 amide bonds. The van der Waals surface area contributed by atoms with Gasteiger partial charge in [-0.1, -0.05) is 18.2 Å². The maximum atomic E-state index is 12.8. The Morgan fingerprint density at radius 1 is 1.10 bits per heavy atom. The molecule has 7 nitrogen and oxygen atoms in total. The number of ether oxygens (including phenoxy) is 1. The van der Waals surface area contributed by atoms with Gasteiger partial charge in [-0.3, -0.25) is 14.2 Å². The van der Waals surface area contributed by atoms with Gasteiger partial charge in [-0.25, -0.2) is 4.98 Å². The Kier molecular flexibility index (Phi) is 4.43. The Morgan fingerprint density at radius 2 is 1.90 bits per heavy atom. The third kappa shape index (κ3) is 3.40. The number of fused-ring (bicyclic) bond motifs is 2. The van der Waals surface area contributed by atoms with E-state index in [1.54, 1.807) is 37.3 Å². The van der Waals surface area contributed by atoms with Crippen molar-refractivity contribution in [2.45, 2.75) is 20.0 Å². The van der Waals surface area contributed by atoms with E-state index in [0.717, 1.165) is 22.5 Å². The largest absolute Gasteiger partial charge is 0.479 e. The molecule has 1 aromatic heterocycles. The van der Waals surface area contributed by atoms with Gasteiger partial charge in [0, 0.05) is 16.9 Å². The Labute approximate surface area is 178 Å². The Bertz CT molecular complexity index is 1330. The number of nitrogens with zero attached hydrogens (tertiary/aromatic N) is 2. The molecule has 0 spiro atoms. The van der Waals surface area contributed by atoms with Crippen LogP contribution in [-0.2, 0) is 4.79 Å². The van der Waals surface area contributed by atoms with Gasteiger partial charge in [0.15, 0.2) is 6.10 Å². The predicted octanol–water partition coefficient (Wildman–Crippen LogP) is 4.31. The second kappa shape index (κ2) is 7.28. The van der Waals surface area contributed by atoms with E-state index in [1.807, 2.05) is 43.3 Å². The molecule has 0 saturated heterocycles. The van der Waals surface area contributed by atoms with Crippen LogP contribution < -0.4 is 15.4 Å². The molecule has 0 saturated carbocycles. The summed E-state index contributed by atoms with van der Waals surface area (Å²) in [6, 6.07) is 20.6. The second-order valence-electron chi connectivity index (χ2n) is 7.45. The summed E-state index contributed by atoms with van der Waals surface area (Å²) in [6.07, 6.45) is -0.543. The number of aromatic nitrogens is 2. The molecule has 2 N–H and O–H groups in total. The highest BCUT2D eigenvalue weighted by Gasteiger charge is 2.23. The number of imidazole rings is 1. The number of nitrogens with one attached hydrogen (secondary N) is 2. The van der Waals surface area contributed by atoms with Crippen molar-refractivity contribution in [2.24, 2.45) is 0 Å². The number of anilines is 2. The number of rotatable bonds is 3. The van der Waals surface area contributed by atoms with Crippen molar-refractivity contribution < 1.29 is 14.3 Å². The summed E-state index contributed by atoms with van der Waals surface area (Å²) in [7, 11) is 0. The van der Waals surface area contributed by atoms with E-state index in [1.165, 1.54) is 0 Å². The molecule has 1 atom stereocenters. The standard InChI is InChI=1S/C24H20N4O3/c1-14-23(29)27-20-13-17(9-11-22(20)31-14)26-24(30)16-8-10-21-19(12-16)25-15(2)28(21)18-6-4-3-5-7-18/h3-14H,1-2H3,(H,26,30)(H,27,29)/t14-/m1/s1. The topological polar surface area (TPSA) is 85.2 Å². The van der Waals surface area contributed by atoms with Gasteiger partial charge >= 0.3 is 0 Å². The van der Waals surface area contributed by atoms with Gasteiger partial charge in [-0.15, -0.1) is 0 Å². The lowest BCUT2D eigenvalue weighted by Crippen LogP contribution is -2.34. The summed E-state index contributed by atoms with van der Waals surface area (Å²) < 4.78 is 7.61. The Morgan fingerprint density at radius 3 is 2.71 bits per heavy atom. The van der Waals surface area contributed by atoms with Crippen molar-refractivity contribution in [1.29, 1.82) is 0 Å². The van der Waals surface area contributed by atoms with Gasteiger partial charge in [0.1, 0.15) is 11.6 Å². The SMILES string of the molecule is Cc1nc2cc(C(=O)Nc3ccc4c(c3)NC(=O)[C@@H](C)O4)ccc2n1-c1ccccc1. The van der Waals surface area contributed by atoms with Crippen LogP contribution in [0.3, 0.4) is 0 Å². The van der Waals surface area contributed by atoms with E-state index in [2.05, 4.69) is 20.2 Å². The first-order chi connectivity index (χ1) is 15.0. The minimum Gasteiger partial charge on any atom is -0.479 e. The smallest absolute Gasteiger partial charge is 0.265 e. The maximum absolute atomic E-state index is 12.8. The highest BCUT2D eigenvalue weighted by molar-refractivity contribution is 6.07. The molecule has 0 fully saturated rings. The Balaban J connectivity index is 1.42. The summed E-state index contributed by atoms with van der Waals surface area (Å²) >= 11 is 0. The fourth-order valence-electron chi connectivity index (χ4n) is 3.73. The van der Waals surface area contributed by atoms with Crippen LogP contribution in [0.5, 0.6) is 5.75 Å². The van der Waals surface area contributed by atoms with Crippen LogP contribution in [0.1, 0.15) is 23.1 Å². The third-order valence-corrected chi connectivity index (χ3v) is 5.27. The zero-order valence-electron chi connectivity index (χ0n) is 17.0. The molecule has 1 aliphatic heterocycles. The molecule has 0 radical (unpaired) electrons. The second-order valence-corrected chi connectivity index (χ2v) is 7.45. The summed E-state index contributed by atoms with van der Waals surface area (Å²) in [5, 5.41) is 5.66. The fraction of sp³-hybridized carbons (Fsp3) is 0.125. The van der Waals surface area contributed by atoms with E-state index in [9.17, 15) is 9.59 Å². The van der Waals surface area contributed by atoms with Crippen LogP contribution in [0.25, 0.3) is 16.7 Å². The first kappa shape index (κ1) is 18.9. The van der Waals surface area contributed by atoms with Gasteiger partial charge < -0.3 is 15.4 Å². The lowest BCUT2D eigenvalue weighted by molar-refractivity contribution is -0.122. The molecular weight excluding hydrogens is 392 g/mol. The van der Waals surface area contributed by atoms with Crippen molar-refractivity contribution in [3.63, 3.8) is 0 Å². The molecule has 0 unspecified atom stereocenters. The molecule has 7 heteroatoms. The first-order valence-corrected chi connectivity index (χ1v) is 9.97. The number of carbonyl (C=O) groups excluding carboxylic acids is 2. The number of hydrogen-bond donors (Lipinski definition) is 2. The van der Waals surface area contributed by atoms with Gasteiger partial charge in [-0.05, 0) is 62.4 Å². The highest BCUT2D eigenvalue weighted by atomic mass is 16.5. The van der Waals surface area contributed by atoms with E-state index < -0.39 is 6.10 Å². The minimum absolute atomic E-state index is 0.217. The van der Waals surface area contributed by atoms with E-state index in [0.29, 0.717) is 22.7 Å². The molecule has 0 bridgehead atoms. The quantitative estimate of drug-likeness (QED) is 0.525. The summed E-state index contributed by atoms with van der Waals surface area (Å²) in [4.78, 5) is 29.3. The first-order valence-electron chi connectivity index (χ1n) is 9.97. The average molecular weight is 412 g/mol. The van der Waals surface area contributed by atoms with Crippen LogP contribution in [0, 0.1) is 6.92 Å². The van der Waals surface area contributed by atoms with Gasteiger partial charge in [0.05, 0.1) is 16.7 Å². The lowest BCUT2D eigenvalue weighted by Gasteiger charge is -2.23. The summed E-state index contributed by atoms with van der Waals surface area (Å²) in [5.41, 5.74) is 4.29. The van der Waals surface area contributed by atoms with Crippen LogP contribution in [0.2, 0.25) is 0 Å². The van der Waals surface area contributed by atoms with Crippen molar-refractivity contribution in [1.82, 2.24) is 9.55 Å². The monoisotopic (exact) mass is 412 g/mol. The number of hydrogen-bond acceptors (Lipinski definition) is 4. The van der Waals surface area contributed by atoms with Crippen LogP contribution in [-0.4, -0.2) is 27.5 Å². The van der Waals surface area contributed by atoms with Crippen LogP contribution in [0.4, 0.5) is 11.4 Å². The average Bonchev–Trinajstić information content (AvgIpc) is 3.10. The lowest BCUT2D eigenvalue weighted by atomic mass is 10.1. The minimum atomic E-state index is -0.543. The number of para-hydroxylation sites is 1. The van der Waals surface area contributed by atoms with Crippen molar-refractivity contribution >= 4 is 34.2 Å². The molecule has 5 rings (SSSR count). The maximum Gasteiger partial charge on any atom is 0.265 e. The Hall–Kier alpha value is -4.13. The molecule has 4 aromatic rings. The molecule has 0 aliphatic carbocycles. The molecule has 2 heterocycles. The van der Waals surface area contributed by atoms with E-state index in [4.69, 9.17) is 4.74 Å². The van der Waals surface area contributed by atoms with Crippen LogP contribution in [0.15, 0.2) is 66.7 Å². The van der Waals surface area contributed by atoms with Crippen molar-refractivity contribution in [3.8, 4) is 11.4 Å². The normalized spacial score (nSPS) is 15.2. The van der Waals surface area contributed by atoms with Crippen molar-refractivity contribution in [2.75, 3.05) is 10.6 Å². The third-order valence-electron chi connectivity index (χ3n) is 5.27. The number of carbonyl (C=O) groups is 2. The zero-order chi connectivity index (χ0) is 21.5. The van der Waals surface area contributed by atoms with Crippen LogP contribution >= 0.6 is 0 Å². The highest BCUT2D eigenvalue weighted by Crippen LogP contribution is 2.32. The summed E-state index contributed by atoms with van der Waals surface area (Å²) in [5.74, 6) is 0.947. The fourth-order valence-corrected chi connectivity index (χ4v) is 3.73. The number of aryl methyl sites for hydroxylation is 1. The van der Waals surface area contributed by atoms with Gasteiger partial charge in [-0.2, -0.15) is 0 Å². The number of amides is 2. The van der Waals surface area contributed by atoms with Gasteiger partial charge in [0.2, 0.25) is 0 Å². The summed E-state index contributed by atoms with van der Waals surface area (Å²) in [6.45, 7) is 3.63. The van der Waals surface area contributed by atoms with E-state index >= 15 is 0 Å². The molecule has 31 heavy (non-hydrogen) atoms. The molecule has 1 aliphatic rings. The number of benzene rings is 3. The molecule has 154 valence electrons. The van der Waals surface area contributed by atoms with Crippen molar-refractivity contribution in [3.05, 3.63) is 78.1 Å². The molecule has 3 aromatic carbocycles. The van der Waals surface area contributed by atoms with Gasteiger partial charge in [0.25, 0.3) is 11.8 Å².